The number of nitrogens with one attached hydrogen (secondary N) is 2. The number of aromatic nitrogens is 3. The van der Waals surface area contributed by atoms with Crippen LogP contribution in [0, 0.1) is 0 Å². The molecule has 2 heterocycles. The summed E-state index contributed by atoms with van der Waals surface area (Å²) in [4.78, 5) is 16.5. The van der Waals surface area contributed by atoms with Gasteiger partial charge in [-0.2, -0.15) is 0 Å². The van der Waals surface area contributed by atoms with E-state index in [0.29, 0.717) is 16.7 Å². The van der Waals surface area contributed by atoms with Crippen molar-refractivity contribution < 1.29 is 4.79 Å². The Balaban J connectivity index is 1.62. The molecular formula is C19H21N5OS. The van der Waals surface area contributed by atoms with Crippen molar-refractivity contribution in [1.29, 1.82) is 0 Å². The SMILES string of the molecule is CCCC(Cc1ccccc1)Nc1ccc(C(=O)Nc2nncs2)cn1. The molecule has 0 radical (unpaired) electrons. The first kappa shape index (κ1) is 18.0. The molecule has 3 aromatic rings. The van der Waals surface area contributed by atoms with Crippen LogP contribution in [0.15, 0.2) is 54.2 Å². The molecule has 134 valence electrons. The summed E-state index contributed by atoms with van der Waals surface area (Å²) in [5, 5.41) is 14.1. The highest BCUT2D eigenvalue weighted by atomic mass is 32.1. The van der Waals surface area contributed by atoms with E-state index in [1.807, 2.05) is 12.1 Å². The fraction of sp³-hybridized carbons (Fsp3) is 0.263. The lowest BCUT2D eigenvalue weighted by Crippen LogP contribution is -2.23. The molecule has 1 atom stereocenters. The summed E-state index contributed by atoms with van der Waals surface area (Å²) >= 11 is 1.28. The molecule has 1 aromatic carbocycles. The number of amides is 1. The molecule has 1 amide bonds. The lowest BCUT2D eigenvalue weighted by atomic mass is 10.0. The normalized spacial score (nSPS) is 11.7. The summed E-state index contributed by atoms with van der Waals surface area (Å²) in [5.74, 6) is 0.530. The number of benzene rings is 1. The van der Waals surface area contributed by atoms with E-state index in [0.717, 1.165) is 25.1 Å². The van der Waals surface area contributed by atoms with E-state index in [-0.39, 0.29) is 5.91 Å². The zero-order valence-electron chi connectivity index (χ0n) is 14.6. The van der Waals surface area contributed by atoms with Crippen molar-refractivity contribution in [1.82, 2.24) is 15.2 Å². The van der Waals surface area contributed by atoms with Crippen molar-refractivity contribution in [3.8, 4) is 0 Å². The molecule has 0 aliphatic heterocycles. The van der Waals surface area contributed by atoms with Crippen molar-refractivity contribution in [3.63, 3.8) is 0 Å². The monoisotopic (exact) mass is 367 g/mol. The highest BCUT2D eigenvalue weighted by molar-refractivity contribution is 7.13. The third-order valence-electron chi connectivity index (χ3n) is 3.92. The molecule has 0 saturated carbocycles. The minimum absolute atomic E-state index is 0.241. The highest BCUT2D eigenvalue weighted by Crippen LogP contribution is 2.15. The Hall–Kier alpha value is -2.80. The van der Waals surface area contributed by atoms with Gasteiger partial charge in [0.2, 0.25) is 5.13 Å². The lowest BCUT2D eigenvalue weighted by Gasteiger charge is -2.19. The fourth-order valence-corrected chi connectivity index (χ4v) is 3.13. The van der Waals surface area contributed by atoms with Crippen LogP contribution in [0.5, 0.6) is 0 Å². The molecular weight excluding hydrogens is 346 g/mol. The molecule has 6 nitrogen and oxygen atoms in total. The quantitative estimate of drug-likeness (QED) is 0.629. The largest absolute Gasteiger partial charge is 0.367 e. The summed E-state index contributed by atoms with van der Waals surface area (Å²) in [6, 6.07) is 14.3. The van der Waals surface area contributed by atoms with Gasteiger partial charge in [0.15, 0.2) is 0 Å². The van der Waals surface area contributed by atoms with Gasteiger partial charge in [0, 0.05) is 12.2 Å². The molecule has 1 unspecified atom stereocenters. The van der Waals surface area contributed by atoms with Gasteiger partial charge in [-0.3, -0.25) is 10.1 Å². The standard InChI is InChI=1S/C19H21N5OS/c1-2-6-16(11-14-7-4-3-5-8-14)22-17-10-9-15(12-20-17)18(25)23-19-24-21-13-26-19/h3-5,7-10,12-13,16H,2,6,11H2,1H3,(H,20,22)(H,23,24,25). The fourth-order valence-electron chi connectivity index (χ4n) is 2.69. The Kier molecular flexibility index (Phi) is 6.27. The summed E-state index contributed by atoms with van der Waals surface area (Å²) < 4.78 is 0. The maximum absolute atomic E-state index is 12.2. The number of anilines is 2. The maximum atomic E-state index is 12.2. The second kappa shape index (κ2) is 9.05. The van der Waals surface area contributed by atoms with E-state index in [9.17, 15) is 4.79 Å². The first-order valence-corrected chi connectivity index (χ1v) is 9.46. The van der Waals surface area contributed by atoms with E-state index in [4.69, 9.17) is 0 Å². The molecule has 0 bridgehead atoms. The highest BCUT2D eigenvalue weighted by Gasteiger charge is 2.12. The van der Waals surface area contributed by atoms with Crippen LogP contribution in [0.25, 0.3) is 0 Å². The number of pyridine rings is 1. The van der Waals surface area contributed by atoms with Crippen LogP contribution in [0.1, 0.15) is 35.7 Å². The molecule has 3 rings (SSSR count). The number of rotatable bonds is 8. The number of nitrogens with zero attached hydrogens (tertiary/aromatic N) is 3. The molecule has 7 heteroatoms. The Bertz CT molecular complexity index is 806. The minimum atomic E-state index is -0.241. The van der Waals surface area contributed by atoms with E-state index in [2.05, 4.69) is 57.0 Å². The van der Waals surface area contributed by atoms with Crippen LogP contribution in [-0.2, 0) is 6.42 Å². The van der Waals surface area contributed by atoms with Crippen LogP contribution in [0.3, 0.4) is 0 Å². The molecule has 0 saturated heterocycles. The van der Waals surface area contributed by atoms with E-state index in [1.165, 1.54) is 16.9 Å². The van der Waals surface area contributed by atoms with Gasteiger partial charge < -0.3 is 5.32 Å². The van der Waals surface area contributed by atoms with Gasteiger partial charge in [0.1, 0.15) is 11.3 Å². The summed E-state index contributed by atoms with van der Waals surface area (Å²) in [6.45, 7) is 2.17. The van der Waals surface area contributed by atoms with E-state index >= 15 is 0 Å². The molecule has 0 fully saturated rings. The molecule has 0 aliphatic rings. The Labute approximate surface area is 156 Å². The van der Waals surface area contributed by atoms with Crippen LogP contribution in [0.2, 0.25) is 0 Å². The first-order valence-electron chi connectivity index (χ1n) is 8.58. The zero-order chi connectivity index (χ0) is 18.2. The summed E-state index contributed by atoms with van der Waals surface area (Å²) in [6.07, 6.45) is 4.66. The van der Waals surface area contributed by atoms with Gasteiger partial charge in [0.05, 0.1) is 5.56 Å². The molecule has 0 aliphatic carbocycles. The van der Waals surface area contributed by atoms with Gasteiger partial charge in [-0.05, 0) is 30.5 Å². The van der Waals surface area contributed by atoms with Gasteiger partial charge >= 0.3 is 0 Å². The van der Waals surface area contributed by atoms with Gasteiger partial charge in [-0.15, -0.1) is 10.2 Å². The van der Waals surface area contributed by atoms with E-state index < -0.39 is 0 Å². The molecule has 2 aromatic heterocycles. The van der Waals surface area contributed by atoms with Crippen molar-refractivity contribution in [2.75, 3.05) is 10.6 Å². The second-order valence-corrected chi connectivity index (χ2v) is 6.78. The summed E-state index contributed by atoms with van der Waals surface area (Å²) in [7, 11) is 0. The number of hydrogen-bond acceptors (Lipinski definition) is 6. The van der Waals surface area contributed by atoms with E-state index in [1.54, 1.807) is 17.8 Å². The zero-order valence-corrected chi connectivity index (χ0v) is 15.4. The van der Waals surface area contributed by atoms with Crippen molar-refractivity contribution >= 4 is 28.2 Å². The van der Waals surface area contributed by atoms with Crippen LogP contribution in [-0.4, -0.2) is 27.1 Å². The van der Waals surface area contributed by atoms with Crippen molar-refractivity contribution in [2.45, 2.75) is 32.2 Å². The average Bonchev–Trinajstić information content (AvgIpc) is 3.16. The van der Waals surface area contributed by atoms with Gasteiger partial charge in [-0.1, -0.05) is 55.0 Å². The molecule has 0 spiro atoms. The Morgan fingerprint density at radius 3 is 2.69 bits per heavy atom. The van der Waals surface area contributed by atoms with Crippen LogP contribution in [0.4, 0.5) is 10.9 Å². The Morgan fingerprint density at radius 2 is 2.04 bits per heavy atom. The maximum Gasteiger partial charge on any atom is 0.259 e. The van der Waals surface area contributed by atoms with Gasteiger partial charge in [-0.25, -0.2) is 4.98 Å². The summed E-state index contributed by atoms with van der Waals surface area (Å²) in [5.41, 5.74) is 3.36. The third-order valence-corrected chi connectivity index (χ3v) is 4.53. The number of carbonyl (C=O) groups is 1. The smallest absolute Gasteiger partial charge is 0.259 e. The van der Waals surface area contributed by atoms with Crippen molar-refractivity contribution in [3.05, 3.63) is 65.3 Å². The van der Waals surface area contributed by atoms with Crippen LogP contribution < -0.4 is 10.6 Å². The average molecular weight is 367 g/mol. The molecule has 26 heavy (non-hydrogen) atoms. The number of carbonyl (C=O) groups excluding carboxylic acids is 1. The molecule has 2 N–H and O–H groups in total. The van der Waals surface area contributed by atoms with Crippen LogP contribution >= 0.6 is 11.3 Å². The predicted molar refractivity (Wildman–Crippen MR) is 105 cm³/mol. The minimum Gasteiger partial charge on any atom is -0.367 e. The van der Waals surface area contributed by atoms with Gasteiger partial charge in [0.25, 0.3) is 5.91 Å². The Morgan fingerprint density at radius 1 is 1.19 bits per heavy atom. The van der Waals surface area contributed by atoms with Crippen molar-refractivity contribution in [2.24, 2.45) is 0 Å². The number of hydrogen-bond donors (Lipinski definition) is 2. The topological polar surface area (TPSA) is 79.8 Å². The third kappa shape index (κ3) is 5.10. The lowest BCUT2D eigenvalue weighted by molar-refractivity contribution is 0.102. The first-order chi connectivity index (χ1) is 12.7. The second-order valence-electron chi connectivity index (χ2n) is 5.95. The predicted octanol–water partition coefficient (Wildman–Crippen LogP) is 4.01.